The summed E-state index contributed by atoms with van der Waals surface area (Å²) in [6, 6.07) is 2.94. The molecule has 0 fully saturated rings. The van der Waals surface area contributed by atoms with Crippen LogP contribution in [-0.2, 0) is 24.3 Å². The fourth-order valence-corrected chi connectivity index (χ4v) is 2.80. The number of likely N-dealkylation sites (N-methyl/N-ethyl adjacent to an activating group) is 1. The molecule has 0 spiro atoms. The molecule has 1 aromatic rings. The minimum absolute atomic E-state index is 0.185. The van der Waals surface area contributed by atoms with E-state index < -0.39 is 39.9 Å². The summed E-state index contributed by atoms with van der Waals surface area (Å²) in [6.07, 6.45) is -1.04. The summed E-state index contributed by atoms with van der Waals surface area (Å²) >= 11 is 0. The number of halogens is 1. The van der Waals surface area contributed by atoms with Gasteiger partial charge in [0.1, 0.15) is 11.9 Å². The number of nitrogens with one attached hydrogen (secondary N) is 2. The molecule has 2 atom stereocenters. The maximum atomic E-state index is 12.8. The molecule has 23 heavy (non-hydrogen) atoms. The predicted octanol–water partition coefficient (Wildman–Crippen LogP) is 0.560. The van der Waals surface area contributed by atoms with Crippen molar-refractivity contribution < 1.29 is 27.1 Å². The Morgan fingerprint density at radius 2 is 1.78 bits per heavy atom. The smallest absolute Gasteiger partial charge is 0.324 e. The van der Waals surface area contributed by atoms with Crippen LogP contribution in [0.3, 0.4) is 0 Å². The van der Waals surface area contributed by atoms with Gasteiger partial charge < -0.3 is 10.1 Å². The molecule has 1 amide bonds. The Morgan fingerprint density at radius 3 is 2.30 bits per heavy atom. The van der Waals surface area contributed by atoms with Crippen molar-refractivity contribution in [1.82, 2.24) is 10.0 Å². The Kier molecular flexibility index (Phi) is 6.64. The molecular weight excluding hydrogens is 327 g/mol. The van der Waals surface area contributed by atoms with Gasteiger partial charge in [-0.15, -0.1) is 0 Å². The van der Waals surface area contributed by atoms with Crippen LogP contribution in [-0.4, -0.2) is 39.0 Å². The molecular formula is C14H19FN2O5S. The third-order valence-corrected chi connectivity index (χ3v) is 4.38. The van der Waals surface area contributed by atoms with Crippen molar-refractivity contribution >= 4 is 21.9 Å². The van der Waals surface area contributed by atoms with Crippen molar-refractivity contribution in [2.45, 2.75) is 37.8 Å². The lowest BCUT2D eigenvalue weighted by molar-refractivity contribution is -0.156. The number of hydrogen-bond acceptors (Lipinski definition) is 5. The largest absolute Gasteiger partial charge is 0.451 e. The first-order valence-corrected chi connectivity index (χ1v) is 8.41. The van der Waals surface area contributed by atoms with E-state index in [1.165, 1.54) is 13.8 Å². The number of carbonyl (C=O) groups is 2. The van der Waals surface area contributed by atoms with Crippen molar-refractivity contribution in [3.05, 3.63) is 30.1 Å². The zero-order valence-electron chi connectivity index (χ0n) is 13.0. The first-order chi connectivity index (χ1) is 10.7. The third-order valence-electron chi connectivity index (χ3n) is 2.82. The minimum Gasteiger partial charge on any atom is -0.451 e. The van der Waals surface area contributed by atoms with Crippen LogP contribution in [0, 0.1) is 5.82 Å². The Morgan fingerprint density at radius 1 is 1.22 bits per heavy atom. The molecule has 0 saturated heterocycles. The number of rotatable bonds is 7. The van der Waals surface area contributed by atoms with Crippen LogP contribution in [0.15, 0.2) is 29.2 Å². The van der Waals surface area contributed by atoms with Crippen LogP contribution in [0.25, 0.3) is 0 Å². The average Bonchev–Trinajstić information content (AvgIpc) is 2.47. The van der Waals surface area contributed by atoms with Crippen LogP contribution in [0.1, 0.15) is 20.8 Å². The van der Waals surface area contributed by atoms with Crippen molar-refractivity contribution in [1.29, 1.82) is 0 Å². The third kappa shape index (κ3) is 5.61. The molecule has 1 rings (SSSR count). The minimum atomic E-state index is -4.01. The number of amides is 1. The molecule has 0 aliphatic carbocycles. The Bertz CT molecular complexity index is 660. The van der Waals surface area contributed by atoms with E-state index in [9.17, 15) is 22.4 Å². The highest BCUT2D eigenvalue weighted by Gasteiger charge is 2.26. The van der Waals surface area contributed by atoms with E-state index in [1.807, 2.05) is 0 Å². The first-order valence-electron chi connectivity index (χ1n) is 6.93. The Balaban J connectivity index is 2.70. The van der Waals surface area contributed by atoms with E-state index in [-0.39, 0.29) is 4.90 Å². The highest BCUT2D eigenvalue weighted by Crippen LogP contribution is 2.10. The molecule has 0 aliphatic rings. The summed E-state index contributed by atoms with van der Waals surface area (Å²) in [4.78, 5) is 23.1. The summed E-state index contributed by atoms with van der Waals surface area (Å²) in [5, 5.41) is 2.48. The lowest BCUT2D eigenvalue weighted by Gasteiger charge is -2.17. The van der Waals surface area contributed by atoms with E-state index >= 15 is 0 Å². The van der Waals surface area contributed by atoms with Crippen molar-refractivity contribution in [3.8, 4) is 0 Å². The number of carbonyl (C=O) groups excluding carboxylic acids is 2. The molecule has 1 aromatic carbocycles. The van der Waals surface area contributed by atoms with Gasteiger partial charge in [0.05, 0.1) is 4.90 Å². The number of esters is 1. The molecule has 0 unspecified atom stereocenters. The molecule has 0 saturated carbocycles. The summed E-state index contributed by atoms with van der Waals surface area (Å²) in [5.41, 5.74) is 0. The molecule has 0 radical (unpaired) electrons. The predicted molar refractivity (Wildman–Crippen MR) is 80.4 cm³/mol. The number of hydrogen-bond donors (Lipinski definition) is 2. The summed E-state index contributed by atoms with van der Waals surface area (Å²) in [5.74, 6) is -1.95. The molecule has 7 nitrogen and oxygen atoms in total. The van der Waals surface area contributed by atoms with Crippen LogP contribution in [0.5, 0.6) is 0 Å². The van der Waals surface area contributed by atoms with Gasteiger partial charge >= 0.3 is 5.97 Å². The zero-order valence-corrected chi connectivity index (χ0v) is 13.8. The second-order valence-electron chi connectivity index (χ2n) is 4.77. The topological polar surface area (TPSA) is 102 Å². The van der Waals surface area contributed by atoms with Gasteiger partial charge in [-0.05, 0) is 45.0 Å². The quantitative estimate of drug-likeness (QED) is 0.703. The fraction of sp³-hybridized carbons (Fsp3) is 0.429. The van der Waals surface area contributed by atoms with Crippen LogP contribution < -0.4 is 10.0 Å². The Labute approximate surface area is 134 Å². The maximum absolute atomic E-state index is 12.8. The van der Waals surface area contributed by atoms with Gasteiger partial charge in [-0.3, -0.25) is 9.59 Å². The molecule has 0 aliphatic heterocycles. The van der Waals surface area contributed by atoms with Crippen molar-refractivity contribution in [3.63, 3.8) is 0 Å². The molecule has 0 bridgehead atoms. The van der Waals surface area contributed by atoms with Crippen LogP contribution in [0.4, 0.5) is 4.39 Å². The SMILES string of the molecule is CCNC(=O)[C@H](C)OC(=O)[C@H](C)NS(=O)(=O)c1ccc(F)cc1. The standard InChI is InChI=1S/C14H19FN2O5S/c1-4-16-13(18)10(3)22-14(19)9(2)17-23(20,21)12-7-5-11(15)6-8-12/h5-10,17H,4H2,1-3H3,(H,16,18)/t9-,10-/m0/s1. The molecule has 0 aromatic heterocycles. The van der Waals surface area contributed by atoms with Gasteiger partial charge in [0.2, 0.25) is 10.0 Å². The monoisotopic (exact) mass is 346 g/mol. The maximum Gasteiger partial charge on any atom is 0.324 e. The first kappa shape index (κ1) is 19.0. The number of sulfonamides is 1. The normalized spacial score (nSPS) is 13.9. The summed E-state index contributed by atoms with van der Waals surface area (Å²) in [7, 11) is -4.01. The average molecular weight is 346 g/mol. The van der Waals surface area contributed by atoms with E-state index in [4.69, 9.17) is 4.74 Å². The van der Waals surface area contributed by atoms with Gasteiger partial charge in [-0.25, -0.2) is 12.8 Å². The summed E-state index contributed by atoms with van der Waals surface area (Å²) in [6.45, 7) is 4.76. The van der Waals surface area contributed by atoms with Crippen molar-refractivity contribution in [2.24, 2.45) is 0 Å². The van der Waals surface area contributed by atoms with Crippen molar-refractivity contribution in [2.75, 3.05) is 6.54 Å². The van der Waals surface area contributed by atoms with Gasteiger partial charge in [-0.2, -0.15) is 4.72 Å². The second kappa shape index (κ2) is 8.02. The second-order valence-corrected chi connectivity index (χ2v) is 6.48. The Hall–Kier alpha value is -2.00. The van der Waals surface area contributed by atoms with Gasteiger partial charge in [0.15, 0.2) is 6.10 Å². The fourth-order valence-electron chi connectivity index (χ4n) is 1.61. The molecule has 0 heterocycles. The van der Waals surface area contributed by atoms with E-state index in [1.54, 1.807) is 6.92 Å². The lowest BCUT2D eigenvalue weighted by Crippen LogP contribution is -2.43. The number of benzene rings is 1. The van der Waals surface area contributed by atoms with E-state index in [2.05, 4.69) is 10.0 Å². The highest BCUT2D eigenvalue weighted by molar-refractivity contribution is 7.89. The molecule has 128 valence electrons. The highest BCUT2D eigenvalue weighted by atomic mass is 32.2. The zero-order chi connectivity index (χ0) is 17.6. The van der Waals surface area contributed by atoms with Crippen LogP contribution in [0.2, 0.25) is 0 Å². The number of ether oxygens (including phenoxy) is 1. The molecule has 2 N–H and O–H groups in total. The lowest BCUT2D eigenvalue weighted by atomic mass is 10.3. The van der Waals surface area contributed by atoms with Gasteiger partial charge in [-0.1, -0.05) is 0 Å². The van der Waals surface area contributed by atoms with E-state index in [0.717, 1.165) is 24.3 Å². The molecule has 9 heteroatoms. The van der Waals surface area contributed by atoms with Crippen LogP contribution >= 0.6 is 0 Å². The van der Waals surface area contributed by atoms with Gasteiger partial charge in [0, 0.05) is 6.54 Å². The van der Waals surface area contributed by atoms with Gasteiger partial charge in [0.25, 0.3) is 5.91 Å². The van der Waals surface area contributed by atoms with E-state index in [0.29, 0.717) is 6.54 Å². The summed E-state index contributed by atoms with van der Waals surface area (Å²) < 4.78 is 43.9.